The topological polar surface area (TPSA) is 36.4 Å². The predicted octanol–water partition coefficient (Wildman–Crippen LogP) is 6.27. The van der Waals surface area contributed by atoms with Gasteiger partial charge < -0.3 is 4.90 Å². The third-order valence-corrected chi connectivity index (χ3v) is 5.36. The van der Waals surface area contributed by atoms with Gasteiger partial charge in [-0.2, -0.15) is 13.2 Å². The van der Waals surface area contributed by atoms with Crippen molar-refractivity contribution in [2.45, 2.75) is 20.0 Å². The van der Waals surface area contributed by atoms with E-state index in [1.165, 1.54) is 28.0 Å². The molecule has 4 nitrogen and oxygen atoms in total. The lowest BCUT2D eigenvalue weighted by Crippen LogP contribution is -2.45. The van der Waals surface area contributed by atoms with E-state index in [1.807, 2.05) is 0 Å². The fourth-order valence-corrected chi connectivity index (χ4v) is 3.87. The molecule has 1 aliphatic rings. The summed E-state index contributed by atoms with van der Waals surface area (Å²) >= 11 is 6.26. The second-order valence-electron chi connectivity index (χ2n) is 7.23. The van der Waals surface area contributed by atoms with E-state index in [-0.39, 0.29) is 23.1 Å². The van der Waals surface area contributed by atoms with E-state index in [0.29, 0.717) is 22.6 Å². The zero-order valence-corrected chi connectivity index (χ0v) is 17.2. The van der Waals surface area contributed by atoms with Crippen LogP contribution in [0.25, 0.3) is 0 Å². The maximum Gasteiger partial charge on any atom is 0.416 e. The minimum absolute atomic E-state index is 0.0691. The molecular formula is C22H16ClF4N3O. The number of benzene rings is 2. The maximum absolute atomic E-state index is 13.7. The number of amides is 1. The average Bonchev–Trinajstić information content (AvgIpc) is 2.68. The number of carbonyl (C=O) groups is 1. The van der Waals surface area contributed by atoms with E-state index in [1.54, 1.807) is 26.0 Å². The molecule has 3 aromatic rings. The van der Waals surface area contributed by atoms with Crippen LogP contribution in [0.2, 0.25) is 5.15 Å². The number of fused-ring (bicyclic) bond motifs is 1. The zero-order chi connectivity index (χ0) is 22.5. The van der Waals surface area contributed by atoms with Gasteiger partial charge in [0.2, 0.25) is 0 Å². The number of pyridine rings is 1. The molecular weight excluding hydrogens is 434 g/mol. The van der Waals surface area contributed by atoms with Crippen molar-refractivity contribution in [2.24, 2.45) is 0 Å². The van der Waals surface area contributed by atoms with Crippen LogP contribution in [0, 0.1) is 19.7 Å². The zero-order valence-electron chi connectivity index (χ0n) is 16.5. The number of nitrogens with zero attached hydrogens (tertiary/aromatic N) is 3. The minimum Gasteiger partial charge on any atom is -0.322 e. The summed E-state index contributed by atoms with van der Waals surface area (Å²) in [4.78, 5) is 20.2. The quantitative estimate of drug-likeness (QED) is 0.342. The van der Waals surface area contributed by atoms with Gasteiger partial charge in [0.25, 0.3) is 5.91 Å². The lowest BCUT2D eigenvalue weighted by molar-refractivity contribution is -0.137. The van der Waals surface area contributed by atoms with Crippen molar-refractivity contribution in [3.8, 4) is 0 Å². The molecule has 0 unspecified atom stereocenters. The Bertz CT molecular complexity index is 1200. The summed E-state index contributed by atoms with van der Waals surface area (Å²) in [7, 11) is 0. The molecule has 31 heavy (non-hydrogen) atoms. The summed E-state index contributed by atoms with van der Waals surface area (Å²) in [5.74, 6) is -0.978. The highest BCUT2D eigenvalue weighted by Gasteiger charge is 2.37. The Morgan fingerprint density at radius 2 is 1.65 bits per heavy atom. The van der Waals surface area contributed by atoms with E-state index < -0.39 is 23.5 Å². The van der Waals surface area contributed by atoms with Crippen molar-refractivity contribution >= 4 is 34.6 Å². The number of anilines is 3. The van der Waals surface area contributed by atoms with Gasteiger partial charge in [-0.3, -0.25) is 9.69 Å². The molecule has 2 heterocycles. The number of alkyl halides is 3. The normalized spacial score (nSPS) is 14.1. The molecule has 0 saturated heterocycles. The molecule has 0 saturated carbocycles. The molecule has 0 atom stereocenters. The predicted molar refractivity (Wildman–Crippen MR) is 110 cm³/mol. The van der Waals surface area contributed by atoms with E-state index in [0.717, 1.165) is 18.2 Å². The highest BCUT2D eigenvalue weighted by molar-refractivity contribution is 6.33. The third-order valence-electron chi connectivity index (χ3n) is 5.08. The van der Waals surface area contributed by atoms with Gasteiger partial charge in [0.15, 0.2) is 5.15 Å². The SMILES string of the molecule is Cc1ccc(N2CN(c3ccc(F)cc3C)c3cc(C(F)(F)F)ccc3C2=O)c(Cl)n1. The number of hydrogen-bond donors (Lipinski definition) is 0. The second kappa shape index (κ2) is 7.53. The van der Waals surface area contributed by atoms with Gasteiger partial charge in [0.05, 0.1) is 22.5 Å². The Kier molecular flexibility index (Phi) is 5.13. The van der Waals surface area contributed by atoms with E-state index in [2.05, 4.69) is 4.98 Å². The smallest absolute Gasteiger partial charge is 0.322 e. The fourth-order valence-electron chi connectivity index (χ4n) is 3.57. The first-order valence-corrected chi connectivity index (χ1v) is 9.64. The van der Waals surface area contributed by atoms with Crippen molar-refractivity contribution in [3.63, 3.8) is 0 Å². The van der Waals surface area contributed by atoms with Crippen LogP contribution in [-0.2, 0) is 6.18 Å². The summed E-state index contributed by atoms with van der Waals surface area (Å²) in [6, 6.07) is 10.2. The molecule has 0 fully saturated rings. The Hall–Kier alpha value is -3.13. The molecule has 0 aliphatic carbocycles. The van der Waals surface area contributed by atoms with Gasteiger partial charge in [-0.15, -0.1) is 0 Å². The summed E-state index contributed by atoms with van der Waals surface area (Å²) in [5.41, 5.74) is 1.22. The maximum atomic E-state index is 13.7. The van der Waals surface area contributed by atoms with Crippen LogP contribution in [0.3, 0.4) is 0 Å². The number of halogens is 5. The van der Waals surface area contributed by atoms with Crippen molar-refractivity contribution < 1.29 is 22.4 Å². The molecule has 1 aliphatic heterocycles. The number of aromatic nitrogens is 1. The fraction of sp³-hybridized carbons (Fsp3) is 0.182. The highest BCUT2D eigenvalue weighted by atomic mass is 35.5. The molecule has 2 aromatic carbocycles. The van der Waals surface area contributed by atoms with Crippen LogP contribution in [0.4, 0.5) is 34.6 Å². The molecule has 0 bridgehead atoms. The minimum atomic E-state index is -4.58. The molecule has 0 spiro atoms. The van der Waals surface area contributed by atoms with Gasteiger partial charge in [0, 0.05) is 11.4 Å². The van der Waals surface area contributed by atoms with Crippen LogP contribution < -0.4 is 9.80 Å². The molecule has 1 amide bonds. The number of rotatable bonds is 2. The molecule has 1 aromatic heterocycles. The lowest BCUT2D eigenvalue weighted by Gasteiger charge is -2.39. The summed E-state index contributed by atoms with van der Waals surface area (Å²) in [6.45, 7) is 3.27. The molecule has 4 rings (SSSR count). The second-order valence-corrected chi connectivity index (χ2v) is 7.58. The van der Waals surface area contributed by atoms with Crippen molar-refractivity contribution in [1.29, 1.82) is 0 Å². The average molecular weight is 450 g/mol. The van der Waals surface area contributed by atoms with Crippen molar-refractivity contribution in [1.82, 2.24) is 4.98 Å². The van der Waals surface area contributed by atoms with Crippen LogP contribution in [0.15, 0.2) is 48.5 Å². The van der Waals surface area contributed by atoms with E-state index >= 15 is 0 Å². The van der Waals surface area contributed by atoms with E-state index in [4.69, 9.17) is 11.6 Å². The van der Waals surface area contributed by atoms with Crippen LogP contribution >= 0.6 is 11.6 Å². The summed E-state index contributed by atoms with van der Waals surface area (Å²) < 4.78 is 53.7. The molecule has 160 valence electrons. The van der Waals surface area contributed by atoms with Gasteiger partial charge in [0.1, 0.15) is 12.5 Å². The number of carbonyl (C=O) groups excluding carboxylic acids is 1. The Morgan fingerprint density at radius 3 is 2.29 bits per heavy atom. The summed E-state index contributed by atoms with van der Waals surface area (Å²) in [6.07, 6.45) is -4.58. The van der Waals surface area contributed by atoms with Gasteiger partial charge in [-0.1, -0.05) is 11.6 Å². The van der Waals surface area contributed by atoms with Crippen LogP contribution in [0.1, 0.15) is 27.2 Å². The van der Waals surface area contributed by atoms with E-state index in [9.17, 15) is 22.4 Å². The highest BCUT2D eigenvalue weighted by Crippen LogP contribution is 2.41. The first kappa shape index (κ1) is 21.1. The van der Waals surface area contributed by atoms with Crippen molar-refractivity contribution in [3.05, 3.63) is 81.9 Å². The van der Waals surface area contributed by atoms with Crippen molar-refractivity contribution in [2.75, 3.05) is 16.5 Å². The Labute approximate surface area is 180 Å². The lowest BCUT2D eigenvalue weighted by atomic mass is 10.0. The Morgan fingerprint density at radius 1 is 0.935 bits per heavy atom. The van der Waals surface area contributed by atoms with Crippen LogP contribution in [-0.4, -0.2) is 17.6 Å². The van der Waals surface area contributed by atoms with Gasteiger partial charge in [-0.05, 0) is 67.9 Å². The van der Waals surface area contributed by atoms with Gasteiger partial charge in [-0.25, -0.2) is 9.37 Å². The number of hydrogen-bond acceptors (Lipinski definition) is 3. The first-order valence-electron chi connectivity index (χ1n) is 9.26. The summed E-state index contributed by atoms with van der Waals surface area (Å²) in [5, 5.41) is 0.0967. The number of aryl methyl sites for hydroxylation is 2. The monoisotopic (exact) mass is 449 g/mol. The standard InChI is InChI=1S/C22H16ClF4N3O/c1-12-9-15(24)5-8-17(12)29-11-30(18-7-3-13(2)28-20(18)23)21(31)16-6-4-14(10-19(16)29)22(25,26)27/h3-10H,11H2,1-2H3. The first-order chi connectivity index (χ1) is 14.6. The molecule has 0 N–H and O–H groups in total. The third kappa shape index (κ3) is 3.83. The Balaban J connectivity index is 1.92. The largest absolute Gasteiger partial charge is 0.416 e. The molecule has 9 heteroatoms. The molecule has 0 radical (unpaired) electrons. The van der Waals surface area contributed by atoms with Crippen LogP contribution in [0.5, 0.6) is 0 Å². The van der Waals surface area contributed by atoms with Gasteiger partial charge >= 0.3 is 6.18 Å².